The van der Waals surface area contributed by atoms with E-state index in [1.165, 1.54) is 0 Å². The van der Waals surface area contributed by atoms with E-state index in [0.717, 1.165) is 25.7 Å². The highest BCUT2D eigenvalue weighted by atomic mass is 16.6. The predicted molar refractivity (Wildman–Crippen MR) is 63.4 cm³/mol. The van der Waals surface area contributed by atoms with E-state index < -0.39 is 11.9 Å². The van der Waals surface area contributed by atoms with Crippen LogP contribution in [0.25, 0.3) is 0 Å². The Bertz CT molecular complexity index is 283. The third kappa shape index (κ3) is 4.75. The average Bonchev–Trinajstić information content (AvgIpc) is 2.24. The van der Waals surface area contributed by atoms with Gasteiger partial charge in [-0.25, -0.2) is 9.59 Å². The van der Waals surface area contributed by atoms with E-state index in [1.807, 2.05) is 6.92 Å². The van der Waals surface area contributed by atoms with E-state index in [9.17, 15) is 9.59 Å². The van der Waals surface area contributed by atoms with Gasteiger partial charge in [0.15, 0.2) is 0 Å². The minimum absolute atomic E-state index is 0.138. The second kappa shape index (κ2) is 6.03. The molecule has 17 heavy (non-hydrogen) atoms. The van der Waals surface area contributed by atoms with Crippen molar-refractivity contribution >= 4 is 11.9 Å². The highest BCUT2D eigenvalue weighted by Crippen LogP contribution is 2.36. The molecule has 1 saturated carbocycles. The second-order valence-corrected chi connectivity index (χ2v) is 5.42. The number of ether oxygens (including phenoxy) is 2. The summed E-state index contributed by atoms with van der Waals surface area (Å²) >= 11 is 0. The number of carbonyl (C=O) groups is 2. The van der Waals surface area contributed by atoms with Gasteiger partial charge in [0.25, 0.3) is 0 Å². The molecule has 1 aliphatic rings. The smallest absolute Gasteiger partial charge is 0.417 e. The van der Waals surface area contributed by atoms with Gasteiger partial charge in [-0.3, -0.25) is 0 Å². The zero-order valence-corrected chi connectivity index (χ0v) is 11.0. The normalized spacial score (nSPS) is 22.9. The molecule has 0 aliphatic heterocycles. The molecule has 4 nitrogen and oxygen atoms in total. The van der Waals surface area contributed by atoms with Crippen LogP contribution in [0.2, 0.25) is 0 Å². The van der Waals surface area contributed by atoms with Crippen molar-refractivity contribution in [1.82, 2.24) is 0 Å². The molecule has 0 aromatic heterocycles. The van der Waals surface area contributed by atoms with Crippen LogP contribution in [-0.4, -0.2) is 24.6 Å². The van der Waals surface area contributed by atoms with Crippen LogP contribution in [0.5, 0.6) is 0 Å². The molecule has 0 aromatic rings. The maximum atomic E-state index is 11.4. The summed E-state index contributed by atoms with van der Waals surface area (Å²) in [4.78, 5) is 22.7. The Kier molecular flexibility index (Phi) is 4.97. The first-order chi connectivity index (χ1) is 7.94. The highest BCUT2D eigenvalue weighted by molar-refractivity contribution is 6.29. The van der Waals surface area contributed by atoms with Crippen LogP contribution in [0, 0.1) is 5.41 Å². The standard InChI is InChI=1S/C13H22O4/c1-4-8-16-11(14)12(15)17-10-6-5-7-13(2,3)9-10/h10H,4-9H2,1-3H3. The molecule has 1 rings (SSSR count). The molecule has 1 aliphatic carbocycles. The van der Waals surface area contributed by atoms with E-state index in [4.69, 9.17) is 9.47 Å². The number of hydrogen-bond donors (Lipinski definition) is 0. The molecule has 0 radical (unpaired) electrons. The van der Waals surface area contributed by atoms with E-state index in [1.54, 1.807) is 0 Å². The Morgan fingerprint density at radius 1 is 1.29 bits per heavy atom. The van der Waals surface area contributed by atoms with Crippen LogP contribution in [0.4, 0.5) is 0 Å². The molecule has 0 heterocycles. The first-order valence-electron chi connectivity index (χ1n) is 6.32. The SMILES string of the molecule is CCCOC(=O)C(=O)OC1CCCC(C)(C)C1. The average molecular weight is 242 g/mol. The predicted octanol–water partition coefficient (Wildman–Crippen LogP) is 2.45. The molecule has 98 valence electrons. The lowest BCUT2D eigenvalue weighted by molar-refractivity contribution is -0.172. The summed E-state index contributed by atoms with van der Waals surface area (Å²) in [6.07, 6.45) is 4.40. The van der Waals surface area contributed by atoms with E-state index in [-0.39, 0.29) is 18.1 Å². The fourth-order valence-electron chi connectivity index (χ4n) is 2.18. The van der Waals surface area contributed by atoms with Crippen LogP contribution in [0.1, 0.15) is 52.9 Å². The molecule has 0 spiro atoms. The van der Waals surface area contributed by atoms with Gasteiger partial charge in [-0.05, 0) is 37.5 Å². The lowest BCUT2D eigenvalue weighted by atomic mass is 9.76. The molecule has 0 aromatic carbocycles. The first-order valence-corrected chi connectivity index (χ1v) is 6.32. The number of carbonyl (C=O) groups excluding carboxylic acids is 2. The van der Waals surface area contributed by atoms with Crippen molar-refractivity contribution in [1.29, 1.82) is 0 Å². The van der Waals surface area contributed by atoms with Gasteiger partial charge in [0.05, 0.1) is 6.61 Å². The maximum Gasteiger partial charge on any atom is 0.417 e. The number of rotatable bonds is 3. The largest absolute Gasteiger partial charge is 0.457 e. The molecule has 0 amide bonds. The Balaban J connectivity index is 2.38. The second-order valence-electron chi connectivity index (χ2n) is 5.42. The van der Waals surface area contributed by atoms with Crippen LogP contribution in [0.15, 0.2) is 0 Å². The molecule has 0 saturated heterocycles. The zero-order chi connectivity index (χ0) is 12.9. The molecule has 1 unspecified atom stereocenters. The molecule has 1 fully saturated rings. The van der Waals surface area contributed by atoms with Gasteiger partial charge in [-0.1, -0.05) is 20.8 Å². The monoisotopic (exact) mass is 242 g/mol. The quantitative estimate of drug-likeness (QED) is 0.563. The fourth-order valence-corrected chi connectivity index (χ4v) is 2.18. The van der Waals surface area contributed by atoms with Crippen LogP contribution in [-0.2, 0) is 19.1 Å². The Hall–Kier alpha value is -1.06. The van der Waals surface area contributed by atoms with Crippen molar-refractivity contribution in [2.45, 2.75) is 59.0 Å². The minimum Gasteiger partial charge on any atom is -0.457 e. The third-order valence-corrected chi connectivity index (χ3v) is 3.04. The topological polar surface area (TPSA) is 52.6 Å². The van der Waals surface area contributed by atoms with Crippen molar-refractivity contribution in [3.8, 4) is 0 Å². The maximum absolute atomic E-state index is 11.4. The number of hydrogen-bond acceptors (Lipinski definition) is 4. The van der Waals surface area contributed by atoms with Gasteiger partial charge >= 0.3 is 11.9 Å². The summed E-state index contributed by atoms with van der Waals surface area (Å²) in [5.41, 5.74) is 0.191. The minimum atomic E-state index is -0.866. The van der Waals surface area contributed by atoms with Gasteiger partial charge in [0.1, 0.15) is 6.10 Å². The van der Waals surface area contributed by atoms with Crippen LogP contribution in [0.3, 0.4) is 0 Å². The fraction of sp³-hybridized carbons (Fsp3) is 0.846. The van der Waals surface area contributed by atoms with Crippen molar-refractivity contribution in [3.05, 3.63) is 0 Å². The van der Waals surface area contributed by atoms with Gasteiger partial charge in [0, 0.05) is 0 Å². The lowest BCUT2D eigenvalue weighted by Crippen LogP contribution is -2.33. The molecular formula is C13H22O4. The Labute approximate surface area is 103 Å². The van der Waals surface area contributed by atoms with Crippen LogP contribution >= 0.6 is 0 Å². The molecule has 4 heteroatoms. The van der Waals surface area contributed by atoms with Crippen LogP contribution < -0.4 is 0 Å². The third-order valence-electron chi connectivity index (χ3n) is 3.04. The van der Waals surface area contributed by atoms with Gasteiger partial charge < -0.3 is 9.47 Å². The van der Waals surface area contributed by atoms with Gasteiger partial charge in [-0.15, -0.1) is 0 Å². The summed E-state index contributed by atoms with van der Waals surface area (Å²) in [6, 6.07) is 0. The number of esters is 2. The highest BCUT2D eigenvalue weighted by Gasteiger charge is 2.31. The summed E-state index contributed by atoms with van der Waals surface area (Å²) in [5.74, 6) is -1.71. The van der Waals surface area contributed by atoms with E-state index >= 15 is 0 Å². The molecule has 0 N–H and O–H groups in total. The first kappa shape index (κ1) is 14.0. The zero-order valence-electron chi connectivity index (χ0n) is 11.0. The lowest BCUT2D eigenvalue weighted by Gasteiger charge is -2.34. The molecule has 1 atom stereocenters. The summed E-state index contributed by atoms with van der Waals surface area (Å²) in [5, 5.41) is 0. The summed E-state index contributed by atoms with van der Waals surface area (Å²) in [6.45, 7) is 6.46. The van der Waals surface area contributed by atoms with Crippen molar-refractivity contribution < 1.29 is 19.1 Å². The van der Waals surface area contributed by atoms with Crippen molar-refractivity contribution in [2.75, 3.05) is 6.61 Å². The van der Waals surface area contributed by atoms with Crippen molar-refractivity contribution in [3.63, 3.8) is 0 Å². The van der Waals surface area contributed by atoms with Gasteiger partial charge in [0.2, 0.25) is 0 Å². The molecule has 0 bridgehead atoms. The Morgan fingerprint density at radius 3 is 2.59 bits per heavy atom. The van der Waals surface area contributed by atoms with Gasteiger partial charge in [-0.2, -0.15) is 0 Å². The molecular weight excluding hydrogens is 220 g/mol. The summed E-state index contributed by atoms with van der Waals surface area (Å²) < 4.78 is 9.91. The Morgan fingerprint density at radius 2 is 2.00 bits per heavy atom. The van der Waals surface area contributed by atoms with E-state index in [0.29, 0.717) is 6.42 Å². The summed E-state index contributed by atoms with van der Waals surface area (Å²) in [7, 11) is 0. The van der Waals surface area contributed by atoms with E-state index in [2.05, 4.69) is 13.8 Å². The van der Waals surface area contributed by atoms with Crippen molar-refractivity contribution in [2.24, 2.45) is 5.41 Å².